The Morgan fingerprint density at radius 1 is 1.16 bits per heavy atom. The van der Waals surface area contributed by atoms with Crippen molar-refractivity contribution in [1.82, 2.24) is 5.16 Å². The fourth-order valence-corrected chi connectivity index (χ4v) is 3.41. The van der Waals surface area contributed by atoms with Gasteiger partial charge in [-0.05, 0) is 43.2 Å². The quantitative estimate of drug-likeness (QED) is 0.628. The van der Waals surface area contributed by atoms with Crippen LogP contribution in [-0.4, -0.2) is 11.1 Å². The van der Waals surface area contributed by atoms with E-state index in [-0.39, 0.29) is 5.91 Å². The average molecular weight is 352 g/mol. The van der Waals surface area contributed by atoms with E-state index < -0.39 is 0 Å². The zero-order valence-corrected chi connectivity index (χ0v) is 15.1. The molecule has 0 aliphatic rings. The second kappa shape index (κ2) is 8.03. The van der Waals surface area contributed by atoms with Crippen molar-refractivity contribution in [3.8, 4) is 0 Å². The van der Waals surface area contributed by atoms with Crippen LogP contribution in [-0.2, 0) is 12.2 Å². The smallest absolute Gasteiger partial charge is 0.256 e. The summed E-state index contributed by atoms with van der Waals surface area (Å²) in [4.78, 5) is 13.6. The number of carbonyl (C=O) groups is 1. The molecule has 0 aliphatic heterocycles. The summed E-state index contributed by atoms with van der Waals surface area (Å²) in [7, 11) is 0. The molecule has 3 aromatic rings. The van der Waals surface area contributed by atoms with Crippen LogP contribution in [0, 0.1) is 6.92 Å². The molecule has 2 aromatic carbocycles. The summed E-state index contributed by atoms with van der Waals surface area (Å²) in [5.41, 5.74) is 3.53. The summed E-state index contributed by atoms with van der Waals surface area (Å²) in [6, 6.07) is 17.4. The van der Waals surface area contributed by atoms with E-state index in [1.165, 1.54) is 5.56 Å². The van der Waals surface area contributed by atoms with Crippen LogP contribution in [0.15, 0.2) is 64.0 Å². The maximum atomic E-state index is 12.7. The Balaban J connectivity index is 1.73. The Morgan fingerprint density at radius 3 is 2.76 bits per heavy atom. The highest BCUT2D eigenvalue weighted by molar-refractivity contribution is 7.98. The molecule has 1 amide bonds. The highest BCUT2D eigenvalue weighted by Gasteiger charge is 2.13. The summed E-state index contributed by atoms with van der Waals surface area (Å²) in [5.74, 6) is 1.33. The lowest BCUT2D eigenvalue weighted by molar-refractivity contribution is 0.102. The van der Waals surface area contributed by atoms with E-state index >= 15 is 0 Å². The van der Waals surface area contributed by atoms with Crippen LogP contribution in [0.1, 0.15) is 34.3 Å². The number of rotatable bonds is 6. The van der Waals surface area contributed by atoms with E-state index in [9.17, 15) is 4.79 Å². The van der Waals surface area contributed by atoms with Gasteiger partial charge in [-0.3, -0.25) is 4.79 Å². The van der Waals surface area contributed by atoms with Gasteiger partial charge in [0.15, 0.2) is 0 Å². The Kier molecular flexibility index (Phi) is 5.56. The Bertz CT molecular complexity index is 873. The molecule has 0 bridgehead atoms. The fourth-order valence-electron chi connectivity index (χ4n) is 2.48. The minimum atomic E-state index is -0.106. The number of hydrogen-bond acceptors (Lipinski definition) is 4. The van der Waals surface area contributed by atoms with Gasteiger partial charge < -0.3 is 9.84 Å². The second-order valence-electron chi connectivity index (χ2n) is 5.73. The van der Waals surface area contributed by atoms with Crippen LogP contribution in [0.4, 0.5) is 5.69 Å². The van der Waals surface area contributed by atoms with Crippen molar-refractivity contribution in [3.63, 3.8) is 0 Å². The van der Waals surface area contributed by atoms with Crippen LogP contribution in [0.2, 0.25) is 0 Å². The first kappa shape index (κ1) is 17.3. The van der Waals surface area contributed by atoms with Crippen molar-refractivity contribution in [2.45, 2.75) is 30.9 Å². The SMILES string of the molecule is CCc1cccc(NC(=O)c2ccccc2SCc2cc(C)no2)c1. The first-order valence-corrected chi connectivity index (χ1v) is 9.18. The van der Waals surface area contributed by atoms with Crippen molar-refractivity contribution in [2.75, 3.05) is 5.32 Å². The number of aromatic nitrogens is 1. The molecule has 0 spiro atoms. The number of amides is 1. The highest BCUT2D eigenvalue weighted by Crippen LogP contribution is 2.27. The lowest BCUT2D eigenvalue weighted by atomic mass is 10.1. The number of nitrogens with one attached hydrogen (secondary N) is 1. The topological polar surface area (TPSA) is 55.1 Å². The minimum absolute atomic E-state index is 0.106. The number of anilines is 1. The molecule has 0 unspecified atom stereocenters. The summed E-state index contributed by atoms with van der Waals surface area (Å²) in [6.45, 7) is 3.99. The van der Waals surface area contributed by atoms with Crippen LogP contribution in [0.5, 0.6) is 0 Å². The Labute approximate surface area is 151 Å². The standard InChI is InChI=1S/C20H20N2O2S/c1-3-15-7-6-8-16(12-15)21-20(23)18-9-4-5-10-19(18)25-13-17-11-14(2)22-24-17/h4-12H,3,13H2,1-2H3,(H,21,23). The second-order valence-corrected chi connectivity index (χ2v) is 6.74. The molecule has 5 heteroatoms. The largest absolute Gasteiger partial charge is 0.360 e. The maximum Gasteiger partial charge on any atom is 0.256 e. The van der Waals surface area contributed by atoms with Crippen LogP contribution in [0.25, 0.3) is 0 Å². The molecule has 1 N–H and O–H groups in total. The third-order valence-corrected chi connectivity index (χ3v) is 4.87. The monoisotopic (exact) mass is 352 g/mol. The van der Waals surface area contributed by atoms with Gasteiger partial charge >= 0.3 is 0 Å². The van der Waals surface area contributed by atoms with Crippen molar-refractivity contribution in [1.29, 1.82) is 0 Å². The molecule has 0 atom stereocenters. The minimum Gasteiger partial charge on any atom is -0.360 e. The normalized spacial score (nSPS) is 10.6. The lowest BCUT2D eigenvalue weighted by Crippen LogP contribution is -2.13. The molecule has 4 nitrogen and oxygen atoms in total. The van der Waals surface area contributed by atoms with Gasteiger partial charge in [-0.15, -0.1) is 11.8 Å². The van der Waals surface area contributed by atoms with Gasteiger partial charge in [0.05, 0.1) is 17.0 Å². The molecule has 0 fully saturated rings. The van der Waals surface area contributed by atoms with Crippen molar-refractivity contribution < 1.29 is 9.32 Å². The lowest BCUT2D eigenvalue weighted by Gasteiger charge is -2.10. The number of benzene rings is 2. The van der Waals surface area contributed by atoms with Crippen molar-refractivity contribution >= 4 is 23.4 Å². The zero-order valence-electron chi connectivity index (χ0n) is 14.3. The van der Waals surface area contributed by atoms with E-state index in [0.29, 0.717) is 11.3 Å². The molecule has 128 valence electrons. The number of hydrogen-bond donors (Lipinski definition) is 1. The van der Waals surface area contributed by atoms with E-state index in [2.05, 4.69) is 23.5 Å². The number of nitrogens with zero attached hydrogens (tertiary/aromatic N) is 1. The maximum absolute atomic E-state index is 12.7. The third-order valence-electron chi connectivity index (χ3n) is 3.77. The summed E-state index contributed by atoms with van der Waals surface area (Å²) in [6.07, 6.45) is 0.937. The van der Waals surface area contributed by atoms with Gasteiger partial charge in [0.2, 0.25) is 0 Å². The fraction of sp³-hybridized carbons (Fsp3) is 0.200. The van der Waals surface area contributed by atoms with Crippen LogP contribution < -0.4 is 5.32 Å². The van der Waals surface area contributed by atoms with E-state index in [4.69, 9.17) is 4.52 Å². The van der Waals surface area contributed by atoms with Crippen molar-refractivity contribution in [3.05, 3.63) is 77.2 Å². The number of aryl methyl sites for hydroxylation is 2. The molecule has 0 saturated heterocycles. The first-order valence-electron chi connectivity index (χ1n) is 8.20. The molecule has 25 heavy (non-hydrogen) atoms. The first-order chi connectivity index (χ1) is 12.2. The molecule has 1 heterocycles. The molecular weight excluding hydrogens is 332 g/mol. The van der Waals surface area contributed by atoms with Gasteiger partial charge in [-0.25, -0.2) is 0 Å². The number of thioether (sulfide) groups is 1. The average Bonchev–Trinajstić information content (AvgIpc) is 3.05. The van der Waals surface area contributed by atoms with Crippen molar-refractivity contribution in [2.24, 2.45) is 0 Å². The van der Waals surface area contributed by atoms with Gasteiger partial charge in [-0.1, -0.05) is 36.3 Å². The highest BCUT2D eigenvalue weighted by atomic mass is 32.2. The predicted molar refractivity (Wildman–Crippen MR) is 101 cm³/mol. The number of carbonyl (C=O) groups excluding carboxylic acids is 1. The van der Waals surface area contributed by atoms with E-state index in [0.717, 1.165) is 28.5 Å². The van der Waals surface area contributed by atoms with Gasteiger partial charge in [0.1, 0.15) is 5.76 Å². The van der Waals surface area contributed by atoms with Gasteiger partial charge in [0, 0.05) is 16.6 Å². The van der Waals surface area contributed by atoms with E-state index in [1.807, 2.05) is 55.5 Å². The third kappa shape index (κ3) is 4.51. The van der Waals surface area contributed by atoms with Gasteiger partial charge in [0.25, 0.3) is 5.91 Å². The Morgan fingerprint density at radius 2 is 2.00 bits per heavy atom. The van der Waals surface area contributed by atoms with Crippen LogP contribution in [0.3, 0.4) is 0 Å². The summed E-state index contributed by atoms with van der Waals surface area (Å²) >= 11 is 1.57. The Hall–Kier alpha value is -2.53. The van der Waals surface area contributed by atoms with Crippen LogP contribution >= 0.6 is 11.8 Å². The van der Waals surface area contributed by atoms with Gasteiger partial charge in [-0.2, -0.15) is 0 Å². The molecule has 0 saturated carbocycles. The molecule has 3 rings (SSSR count). The molecule has 1 aromatic heterocycles. The van der Waals surface area contributed by atoms with E-state index in [1.54, 1.807) is 11.8 Å². The predicted octanol–water partition coefficient (Wildman–Crippen LogP) is 5.09. The summed E-state index contributed by atoms with van der Waals surface area (Å²) in [5, 5.41) is 6.88. The molecule has 0 radical (unpaired) electrons. The molecular formula is C20H20N2O2S. The molecule has 0 aliphatic carbocycles. The summed E-state index contributed by atoms with van der Waals surface area (Å²) < 4.78 is 5.24. The zero-order chi connectivity index (χ0) is 17.6.